The fraction of sp³-hybridized carbons (Fsp3) is 0.500. The Morgan fingerprint density at radius 3 is 2.78 bits per heavy atom. The molecular weight excluding hydrogens is 246 g/mol. The second kappa shape index (κ2) is 9.00. The molecule has 0 radical (unpaired) electrons. The molecule has 0 spiro atoms. The van der Waals surface area contributed by atoms with Crippen LogP contribution in [0, 0.1) is 0 Å². The van der Waals surface area contributed by atoms with Gasteiger partial charge < -0.3 is 10.4 Å². The summed E-state index contributed by atoms with van der Waals surface area (Å²) in [6.45, 7) is 2.41. The zero-order valence-electron chi connectivity index (χ0n) is 10.8. The first-order valence-electron chi connectivity index (χ1n) is 6.25. The van der Waals surface area contributed by atoms with Gasteiger partial charge >= 0.3 is 0 Å². The van der Waals surface area contributed by atoms with Gasteiger partial charge in [0.25, 0.3) is 0 Å². The van der Waals surface area contributed by atoms with E-state index in [0.29, 0.717) is 12.3 Å². The van der Waals surface area contributed by atoms with E-state index in [4.69, 9.17) is 5.11 Å². The van der Waals surface area contributed by atoms with Gasteiger partial charge in [-0.1, -0.05) is 30.3 Å². The molecule has 1 unspecified atom stereocenters. The van der Waals surface area contributed by atoms with Crippen LogP contribution in [0.2, 0.25) is 0 Å². The lowest BCUT2D eigenvalue weighted by atomic mass is 10.2. The van der Waals surface area contributed by atoms with Crippen molar-refractivity contribution in [1.82, 2.24) is 5.32 Å². The van der Waals surface area contributed by atoms with Crippen LogP contribution in [0.15, 0.2) is 30.3 Å². The smallest absolute Gasteiger partial charge is 0.230 e. The topological polar surface area (TPSA) is 49.3 Å². The Balaban J connectivity index is 2.03. The fourth-order valence-corrected chi connectivity index (χ4v) is 2.33. The van der Waals surface area contributed by atoms with Crippen molar-refractivity contribution in [3.63, 3.8) is 0 Å². The minimum Gasteiger partial charge on any atom is -0.393 e. The predicted molar refractivity (Wildman–Crippen MR) is 76.5 cm³/mol. The number of rotatable bonds is 8. The molecule has 0 aliphatic carbocycles. The molecule has 100 valence electrons. The van der Waals surface area contributed by atoms with Gasteiger partial charge in [0, 0.05) is 12.3 Å². The minimum atomic E-state index is -0.283. The van der Waals surface area contributed by atoms with E-state index in [1.165, 1.54) is 5.56 Å². The lowest BCUT2D eigenvalue weighted by molar-refractivity contribution is -0.118. The summed E-state index contributed by atoms with van der Waals surface area (Å²) in [5.74, 6) is 1.42. The third-order valence-electron chi connectivity index (χ3n) is 2.47. The molecule has 18 heavy (non-hydrogen) atoms. The van der Waals surface area contributed by atoms with Crippen LogP contribution in [0.4, 0.5) is 0 Å². The number of aliphatic hydroxyl groups excluding tert-OH is 1. The number of hydrogen-bond donors (Lipinski definition) is 2. The number of aliphatic hydroxyl groups is 1. The number of nitrogens with one attached hydrogen (secondary N) is 1. The lowest BCUT2D eigenvalue weighted by Gasteiger charge is -2.06. The van der Waals surface area contributed by atoms with Crippen molar-refractivity contribution in [2.24, 2.45) is 0 Å². The van der Waals surface area contributed by atoms with Gasteiger partial charge in [-0.15, -0.1) is 11.8 Å². The van der Waals surface area contributed by atoms with Crippen molar-refractivity contribution in [3.8, 4) is 0 Å². The summed E-state index contributed by atoms with van der Waals surface area (Å²) in [5.41, 5.74) is 1.24. The molecule has 3 nitrogen and oxygen atoms in total. The second-order valence-corrected chi connectivity index (χ2v) is 5.31. The predicted octanol–water partition coefficient (Wildman–Crippen LogP) is 2.20. The summed E-state index contributed by atoms with van der Waals surface area (Å²) in [6, 6.07) is 10.1. The van der Waals surface area contributed by atoms with Gasteiger partial charge in [0.05, 0.1) is 11.9 Å². The molecule has 4 heteroatoms. The molecule has 0 aliphatic rings. The highest BCUT2D eigenvalue weighted by molar-refractivity contribution is 7.99. The maximum Gasteiger partial charge on any atom is 0.230 e. The van der Waals surface area contributed by atoms with Crippen LogP contribution in [0.3, 0.4) is 0 Å². The molecule has 2 N–H and O–H groups in total. The van der Waals surface area contributed by atoms with E-state index in [1.807, 2.05) is 18.2 Å². The summed E-state index contributed by atoms with van der Waals surface area (Å²) >= 11 is 1.62. The number of benzene rings is 1. The van der Waals surface area contributed by atoms with Crippen molar-refractivity contribution in [3.05, 3.63) is 35.9 Å². The van der Waals surface area contributed by atoms with Gasteiger partial charge in [0.15, 0.2) is 0 Å². The third kappa shape index (κ3) is 7.35. The second-order valence-electron chi connectivity index (χ2n) is 4.32. The third-order valence-corrected chi connectivity index (χ3v) is 3.47. The summed E-state index contributed by atoms with van der Waals surface area (Å²) in [7, 11) is 0. The van der Waals surface area contributed by atoms with Crippen LogP contribution >= 0.6 is 11.8 Å². The molecule has 0 heterocycles. The van der Waals surface area contributed by atoms with Crippen molar-refractivity contribution in [2.75, 3.05) is 12.3 Å². The highest BCUT2D eigenvalue weighted by Gasteiger charge is 2.02. The molecule has 1 aromatic carbocycles. The first-order valence-corrected chi connectivity index (χ1v) is 7.40. The van der Waals surface area contributed by atoms with E-state index < -0.39 is 0 Å². The van der Waals surface area contributed by atoms with Crippen LogP contribution < -0.4 is 5.32 Å². The summed E-state index contributed by atoms with van der Waals surface area (Å²) in [6.07, 6.45) is 1.28. The Hall–Kier alpha value is -1.00. The van der Waals surface area contributed by atoms with Crippen LogP contribution in [-0.4, -0.2) is 29.4 Å². The first-order chi connectivity index (χ1) is 8.68. The summed E-state index contributed by atoms with van der Waals surface area (Å²) in [5, 5.41) is 11.9. The van der Waals surface area contributed by atoms with Crippen molar-refractivity contribution < 1.29 is 9.90 Å². The SMILES string of the molecule is CC(O)CCCNC(=O)CSCc1ccccc1. The number of carbonyl (C=O) groups excluding carboxylic acids is 1. The molecule has 0 fully saturated rings. The zero-order valence-corrected chi connectivity index (χ0v) is 11.6. The highest BCUT2D eigenvalue weighted by atomic mass is 32.2. The first kappa shape index (κ1) is 15.1. The molecule has 0 aliphatic heterocycles. The van der Waals surface area contributed by atoms with Crippen molar-refractivity contribution >= 4 is 17.7 Å². The molecule has 1 rings (SSSR count). The Bertz CT molecular complexity index is 341. The van der Waals surface area contributed by atoms with E-state index >= 15 is 0 Å². The quantitative estimate of drug-likeness (QED) is 0.710. The average Bonchev–Trinajstić information content (AvgIpc) is 2.36. The molecule has 0 aromatic heterocycles. The van der Waals surface area contributed by atoms with E-state index in [1.54, 1.807) is 18.7 Å². The van der Waals surface area contributed by atoms with Gasteiger partial charge in [-0.2, -0.15) is 0 Å². The van der Waals surface area contributed by atoms with Gasteiger partial charge in [0.1, 0.15) is 0 Å². The largest absolute Gasteiger partial charge is 0.393 e. The van der Waals surface area contributed by atoms with Gasteiger partial charge in [-0.05, 0) is 25.3 Å². The van der Waals surface area contributed by atoms with Gasteiger partial charge in [-0.3, -0.25) is 4.79 Å². The highest BCUT2D eigenvalue weighted by Crippen LogP contribution is 2.10. The molecule has 0 bridgehead atoms. The van der Waals surface area contributed by atoms with Gasteiger partial charge in [0.2, 0.25) is 5.91 Å². The Labute approximate surface area is 113 Å². The molecule has 1 atom stereocenters. The number of thioether (sulfide) groups is 1. The van der Waals surface area contributed by atoms with Crippen molar-refractivity contribution in [2.45, 2.75) is 31.6 Å². The van der Waals surface area contributed by atoms with Crippen LogP contribution in [0.1, 0.15) is 25.3 Å². The summed E-state index contributed by atoms with van der Waals surface area (Å²) in [4.78, 5) is 11.5. The molecule has 1 amide bonds. The number of carbonyl (C=O) groups is 1. The van der Waals surface area contributed by atoms with Crippen LogP contribution in [0.5, 0.6) is 0 Å². The lowest BCUT2D eigenvalue weighted by Crippen LogP contribution is -2.26. The van der Waals surface area contributed by atoms with Crippen LogP contribution in [0.25, 0.3) is 0 Å². The molecule has 0 saturated heterocycles. The fourth-order valence-electron chi connectivity index (χ4n) is 1.51. The Kier molecular flexibility index (Phi) is 7.53. The number of hydrogen-bond acceptors (Lipinski definition) is 3. The monoisotopic (exact) mass is 267 g/mol. The Morgan fingerprint density at radius 1 is 1.39 bits per heavy atom. The molecule has 0 saturated carbocycles. The van der Waals surface area contributed by atoms with Crippen LogP contribution in [-0.2, 0) is 10.5 Å². The van der Waals surface area contributed by atoms with E-state index in [2.05, 4.69) is 17.4 Å². The summed E-state index contributed by atoms with van der Waals surface area (Å²) < 4.78 is 0. The molecular formula is C14H21NO2S. The zero-order chi connectivity index (χ0) is 13.2. The maximum atomic E-state index is 11.5. The van der Waals surface area contributed by atoms with E-state index in [-0.39, 0.29) is 12.0 Å². The molecule has 1 aromatic rings. The van der Waals surface area contributed by atoms with Crippen molar-refractivity contribution in [1.29, 1.82) is 0 Å². The minimum absolute atomic E-state index is 0.0709. The van der Waals surface area contributed by atoms with E-state index in [0.717, 1.165) is 18.6 Å². The number of amides is 1. The Morgan fingerprint density at radius 2 is 2.11 bits per heavy atom. The maximum absolute atomic E-state index is 11.5. The van der Waals surface area contributed by atoms with E-state index in [9.17, 15) is 4.79 Å². The average molecular weight is 267 g/mol. The van der Waals surface area contributed by atoms with Gasteiger partial charge in [-0.25, -0.2) is 0 Å². The normalized spacial score (nSPS) is 12.1. The standard InChI is InChI=1S/C14H21NO2S/c1-12(16)6-5-9-15-14(17)11-18-10-13-7-3-2-4-8-13/h2-4,7-8,12,16H,5-6,9-11H2,1H3,(H,15,17).